The van der Waals surface area contributed by atoms with E-state index in [1.807, 2.05) is 0 Å². The Morgan fingerprint density at radius 3 is 2.39 bits per heavy atom. The fraction of sp³-hybridized carbons (Fsp3) is 0.714. The number of carbonyl (C=O) groups is 1. The molecule has 1 heterocycles. The van der Waals surface area contributed by atoms with Crippen molar-refractivity contribution in [2.45, 2.75) is 89.0 Å². The Morgan fingerprint density at radius 1 is 1.07 bits per heavy atom. The van der Waals surface area contributed by atoms with Crippen LogP contribution in [-0.4, -0.2) is 23.0 Å². The third kappa shape index (κ3) is 6.38. The highest BCUT2D eigenvalue weighted by Gasteiger charge is 2.31. The minimum absolute atomic E-state index is 0.0698. The smallest absolute Gasteiger partial charge is 0.417 e. The highest BCUT2D eigenvalue weighted by atomic mass is 19.4. The Morgan fingerprint density at radius 2 is 1.79 bits per heavy atom. The third-order valence-electron chi connectivity index (χ3n) is 5.89. The van der Waals surface area contributed by atoms with Crippen LogP contribution in [0.5, 0.6) is 5.88 Å². The van der Waals surface area contributed by atoms with Crippen molar-refractivity contribution in [2.75, 3.05) is 0 Å². The summed E-state index contributed by atoms with van der Waals surface area (Å²) >= 11 is 0. The first-order chi connectivity index (χ1) is 13.4. The Hall–Kier alpha value is -1.79. The van der Waals surface area contributed by atoms with Crippen molar-refractivity contribution in [3.8, 4) is 5.88 Å². The number of aromatic nitrogens is 1. The number of halogens is 3. The lowest BCUT2D eigenvalue weighted by Crippen LogP contribution is -2.39. The van der Waals surface area contributed by atoms with Crippen molar-refractivity contribution >= 4 is 5.91 Å². The van der Waals surface area contributed by atoms with Gasteiger partial charge in [-0.15, -0.1) is 0 Å². The fourth-order valence-electron chi connectivity index (χ4n) is 4.22. The average Bonchev–Trinajstić information content (AvgIpc) is 2.68. The molecular formula is C21H29F3N2O2. The van der Waals surface area contributed by atoms with E-state index in [2.05, 4.69) is 10.3 Å². The predicted molar refractivity (Wildman–Crippen MR) is 99.9 cm³/mol. The topological polar surface area (TPSA) is 51.2 Å². The highest BCUT2D eigenvalue weighted by Crippen LogP contribution is 2.30. The first-order valence-electron chi connectivity index (χ1n) is 10.4. The van der Waals surface area contributed by atoms with Gasteiger partial charge in [-0.2, -0.15) is 13.2 Å². The van der Waals surface area contributed by atoms with Gasteiger partial charge < -0.3 is 10.1 Å². The molecule has 0 saturated heterocycles. The Kier molecular flexibility index (Phi) is 7.18. The number of carbonyl (C=O) groups excluding carboxylic acids is 1. The molecule has 1 aromatic rings. The minimum atomic E-state index is -4.39. The summed E-state index contributed by atoms with van der Waals surface area (Å²) < 4.78 is 43.4. The number of hydrogen-bond acceptors (Lipinski definition) is 3. The molecule has 2 fully saturated rings. The predicted octanol–water partition coefficient (Wildman–Crippen LogP) is 5.27. The van der Waals surface area contributed by atoms with E-state index < -0.39 is 11.7 Å². The van der Waals surface area contributed by atoms with Crippen LogP contribution in [0.3, 0.4) is 0 Å². The van der Waals surface area contributed by atoms with Gasteiger partial charge in [0.2, 0.25) is 11.8 Å². The molecule has 3 rings (SSSR count). The summed E-state index contributed by atoms with van der Waals surface area (Å²) in [5.74, 6) is 1.06. The summed E-state index contributed by atoms with van der Waals surface area (Å²) in [6.07, 6.45) is 7.53. The van der Waals surface area contributed by atoms with E-state index in [4.69, 9.17) is 4.74 Å². The monoisotopic (exact) mass is 398 g/mol. The van der Waals surface area contributed by atoms with Crippen LogP contribution in [0.25, 0.3) is 0 Å². The Balaban J connectivity index is 1.35. The van der Waals surface area contributed by atoms with Crippen molar-refractivity contribution in [3.05, 3.63) is 23.9 Å². The van der Waals surface area contributed by atoms with Crippen molar-refractivity contribution in [3.63, 3.8) is 0 Å². The summed E-state index contributed by atoms with van der Waals surface area (Å²) in [5, 5.41) is 3.13. The van der Waals surface area contributed by atoms with E-state index >= 15 is 0 Å². The summed E-state index contributed by atoms with van der Waals surface area (Å²) in [6, 6.07) is 2.42. The molecular weight excluding hydrogens is 369 g/mol. The molecule has 28 heavy (non-hydrogen) atoms. The van der Waals surface area contributed by atoms with E-state index in [0.717, 1.165) is 44.4 Å². The van der Waals surface area contributed by atoms with Crippen molar-refractivity contribution < 1.29 is 22.7 Å². The molecule has 1 amide bonds. The van der Waals surface area contributed by atoms with E-state index in [1.165, 1.54) is 38.2 Å². The van der Waals surface area contributed by atoms with Crippen LogP contribution in [0.15, 0.2) is 18.3 Å². The number of rotatable bonds is 6. The van der Waals surface area contributed by atoms with Crippen LogP contribution in [0.1, 0.15) is 76.2 Å². The van der Waals surface area contributed by atoms with Gasteiger partial charge in [-0.3, -0.25) is 4.79 Å². The van der Waals surface area contributed by atoms with E-state index in [-0.39, 0.29) is 23.9 Å². The molecule has 0 bridgehead atoms. The zero-order chi connectivity index (χ0) is 20.0. The summed E-state index contributed by atoms with van der Waals surface area (Å²) in [4.78, 5) is 16.0. The van der Waals surface area contributed by atoms with Crippen molar-refractivity contribution in [1.82, 2.24) is 10.3 Å². The standard InChI is InChI=1S/C21H29F3N2O2/c22-21(23,24)16-7-13-20(25-14-16)28-18-10-8-17(9-11-18)26-19(27)12-6-15-4-2-1-3-5-15/h7,13-15,17-18H,1-6,8-12H2,(H,26,27). The van der Waals surface area contributed by atoms with Crippen LogP contribution in [0, 0.1) is 5.92 Å². The van der Waals surface area contributed by atoms with Crippen molar-refractivity contribution in [2.24, 2.45) is 5.92 Å². The second kappa shape index (κ2) is 9.61. The second-order valence-electron chi connectivity index (χ2n) is 8.08. The number of amides is 1. The molecule has 0 radical (unpaired) electrons. The Bertz CT molecular complexity index is 620. The lowest BCUT2D eigenvalue weighted by molar-refractivity contribution is -0.137. The van der Waals surface area contributed by atoms with Gasteiger partial charge >= 0.3 is 6.18 Å². The van der Waals surface area contributed by atoms with Crippen LogP contribution in [0.2, 0.25) is 0 Å². The first-order valence-corrected chi connectivity index (χ1v) is 10.4. The van der Waals surface area contributed by atoms with Crippen LogP contribution < -0.4 is 10.1 Å². The molecule has 1 aromatic heterocycles. The quantitative estimate of drug-likeness (QED) is 0.710. The maximum absolute atomic E-state index is 12.6. The maximum Gasteiger partial charge on any atom is 0.417 e. The zero-order valence-corrected chi connectivity index (χ0v) is 16.1. The molecule has 0 unspecified atom stereocenters. The molecule has 4 nitrogen and oxygen atoms in total. The average molecular weight is 398 g/mol. The number of nitrogens with one attached hydrogen (secondary N) is 1. The summed E-state index contributed by atoms with van der Waals surface area (Å²) in [7, 11) is 0. The zero-order valence-electron chi connectivity index (χ0n) is 16.1. The van der Waals surface area contributed by atoms with Crippen LogP contribution in [0.4, 0.5) is 13.2 Å². The number of alkyl halides is 3. The third-order valence-corrected chi connectivity index (χ3v) is 5.89. The van der Waals surface area contributed by atoms with E-state index in [0.29, 0.717) is 12.3 Å². The number of ether oxygens (including phenoxy) is 1. The molecule has 156 valence electrons. The van der Waals surface area contributed by atoms with Crippen LogP contribution >= 0.6 is 0 Å². The minimum Gasteiger partial charge on any atom is -0.474 e. The van der Waals surface area contributed by atoms with Gasteiger partial charge in [-0.25, -0.2) is 4.98 Å². The van der Waals surface area contributed by atoms with Gasteiger partial charge in [0.15, 0.2) is 0 Å². The van der Waals surface area contributed by atoms with Gasteiger partial charge in [0, 0.05) is 24.7 Å². The van der Waals surface area contributed by atoms with Gasteiger partial charge in [0.1, 0.15) is 6.10 Å². The number of nitrogens with zero attached hydrogens (tertiary/aromatic N) is 1. The molecule has 0 aliphatic heterocycles. The van der Waals surface area contributed by atoms with E-state index in [9.17, 15) is 18.0 Å². The van der Waals surface area contributed by atoms with Gasteiger partial charge in [-0.05, 0) is 44.1 Å². The number of hydrogen-bond donors (Lipinski definition) is 1. The highest BCUT2D eigenvalue weighted by molar-refractivity contribution is 5.76. The second-order valence-corrected chi connectivity index (χ2v) is 8.08. The molecule has 2 aliphatic carbocycles. The molecule has 0 spiro atoms. The largest absolute Gasteiger partial charge is 0.474 e. The molecule has 2 saturated carbocycles. The SMILES string of the molecule is O=C(CCC1CCCCC1)NC1CCC(Oc2ccc(C(F)(F)F)cn2)CC1. The summed E-state index contributed by atoms with van der Waals surface area (Å²) in [5.41, 5.74) is -0.778. The normalized spacial score (nSPS) is 24.0. The number of pyridine rings is 1. The van der Waals surface area contributed by atoms with Crippen molar-refractivity contribution in [1.29, 1.82) is 0 Å². The van der Waals surface area contributed by atoms with Crippen LogP contribution in [-0.2, 0) is 11.0 Å². The van der Waals surface area contributed by atoms with E-state index in [1.54, 1.807) is 0 Å². The maximum atomic E-state index is 12.6. The Labute approximate surface area is 164 Å². The molecule has 7 heteroatoms. The summed E-state index contributed by atoms with van der Waals surface area (Å²) in [6.45, 7) is 0. The van der Waals surface area contributed by atoms with Gasteiger partial charge in [0.25, 0.3) is 0 Å². The van der Waals surface area contributed by atoms with Gasteiger partial charge in [0.05, 0.1) is 5.56 Å². The molecule has 2 aliphatic rings. The fourth-order valence-corrected chi connectivity index (χ4v) is 4.22. The molecule has 0 aromatic carbocycles. The lowest BCUT2D eigenvalue weighted by Gasteiger charge is -2.29. The first kappa shape index (κ1) is 20.9. The molecule has 0 atom stereocenters. The van der Waals surface area contributed by atoms with Gasteiger partial charge in [-0.1, -0.05) is 32.1 Å². The lowest BCUT2D eigenvalue weighted by atomic mass is 9.86. The molecule has 1 N–H and O–H groups in total.